The SMILES string of the molecule is CC#CCC(CN[C@H](CCCCN)C(=O)N1CCC(N)(C(=O)OC)CC1)NC(=O)[C@@H](Cc1ccccc1)NC(=O)[C@H](N)Cc1ccccc1. The van der Waals surface area contributed by atoms with E-state index in [-0.39, 0.29) is 24.8 Å². The van der Waals surface area contributed by atoms with Gasteiger partial charge in [0.2, 0.25) is 17.7 Å². The summed E-state index contributed by atoms with van der Waals surface area (Å²) in [5, 5.41) is 9.32. The Morgan fingerprint density at radius 1 is 0.898 bits per heavy atom. The predicted molar refractivity (Wildman–Crippen MR) is 190 cm³/mol. The molecule has 0 spiro atoms. The smallest absolute Gasteiger partial charge is 0.325 e. The number of hydrogen-bond acceptors (Lipinski definition) is 9. The van der Waals surface area contributed by atoms with Crippen LogP contribution in [0.1, 0.15) is 56.6 Å². The fraction of sp³-hybridized carbons (Fsp3) is 0.514. The van der Waals surface area contributed by atoms with Gasteiger partial charge < -0.3 is 42.8 Å². The first kappa shape index (κ1) is 39.2. The molecular weight excluding hydrogens is 622 g/mol. The van der Waals surface area contributed by atoms with E-state index >= 15 is 0 Å². The van der Waals surface area contributed by atoms with Crippen molar-refractivity contribution in [1.29, 1.82) is 0 Å². The number of rotatable bonds is 18. The van der Waals surface area contributed by atoms with Crippen LogP contribution in [0.3, 0.4) is 0 Å². The zero-order valence-corrected chi connectivity index (χ0v) is 28.8. The molecule has 0 radical (unpaired) electrons. The number of nitrogens with zero attached hydrogens (tertiary/aromatic N) is 1. The molecule has 12 heteroatoms. The summed E-state index contributed by atoms with van der Waals surface area (Å²) in [5.74, 6) is 4.54. The first-order valence-electron chi connectivity index (χ1n) is 17.0. The zero-order chi connectivity index (χ0) is 35.6. The van der Waals surface area contributed by atoms with Gasteiger partial charge in [-0.05, 0) is 56.7 Å². The normalized spacial score (nSPS) is 16.2. The molecule has 0 saturated carbocycles. The third kappa shape index (κ3) is 12.6. The van der Waals surface area contributed by atoms with E-state index in [2.05, 4.69) is 27.8 Å². The number of nitrogens with two attached hydrogens (primary N) is 3. The van der Waals surface area contributed by atoms with Crippen molar-refractivity contribution in [2.45, 2.75) is 88.0 Å². The number of methoxy groups -OCH3 is 1. The van der Waals surface area contributed by atoms with Crippen LogP contribution >= 0.6 is 0 Å². The highest BCUT2D eigenvalue weighted by atomic mass is 16.5. The highest BCUT2D eigenvalue weighted by Gasteiger charge is 2.40. The number of esters is 1. The second-order valence-electron chi connectivity index (χ2n) is 12.6. The van der Waals surface area contributed by atoms with Crippen LogP contribution in [0.5, 0.6) is 0 Å². The van der Waals surface area contributed by atoms with Crippen LogP contribution < -0.4 is 33.2 Å². The first-order valence-corrected chi connectivity index (χ1v) is 17.0. The van der Waals surface area contributed by atoms with E-state index < -0.39 is 41.6 Å². The van der Waals surface area contributed by atoms with Gasteiger partial charge in [0, 0.05) is 32.5 Å². The molecule has 2 aromatic rings. The minimum atomic E-state index is -1.11. The fourth-order valence-corrected chi connectivity index (χ4v) is 5.84. The largest absolute Gasteiger partial charge is 0.468 e. The molecule has 9 N–H and O–H groups in total. The third-order valence-corrected chi connectivity index (χ3v) is 8.84. The van der Waals surface area contributed by atoms with Gasteiger partial charge in [0.1, 0.15) is 11.6 Å². The van der Waals surface area contributed by atoms with Crippen molar-refractivity contribution in [2.24, 2.45) is 17.2 Å². The van der Waals surface area contributed by atoms with E-state index in [1.165, 1.54) is 7.11 Å². The lowest BCUT2D eigenvalue weighted by Gasteiger charge is -2.38. The Bertz CT molecular complexity index is 1400. The Balaban J connectivity index is 1.71. The molecule has 1 heterocycles. The number of carbonyl (C=O) groups is 4. The number of ether oxygens (including phenoxy) is 1. The summed E-state index contributed by atoms with van der Waals surface area (Å²) in [5.41, 5.74) is 19.0. The van der Waals surface area contributed by atoms with E-state index in [9.17, 15) is 19.2 Å². The quantitative estimate of drug-likeness (QED) is 0.0752. The Hall–Kier alpha value is -4.28. The second-order valence-corrected chi connectivity index (χ2v) is 12.6. The van der Waals surface area contributed by atoms with Crippen molar-refractivity contribution >= 4 is 23.7 Å². The standard InChI is InChI=1S/C37H53N7O5/c1-3-4-17-29(26-41-31(18-11-12-21-38)35(47)44-22-19-37(40,20-23-44)36(48)49-2)42-34(46)32(25-28-15-9-6-10-16-28)43-33(45)30(39)24-27-13-7-5-8-14-27/h5-10,13-16,29-32,41H,11-12,17-26,38-40H2,1-2H3,(H,42,46)(H,43,45)/t29?,30-,31-,32-/m1/s1. The Labute approximate surface area is 290 Å². The fourth-order valence-electron chi connectivity index (χ4n) is 5.84. The Kier molecular flexibility index (Phi) is 16.2. The summed E-state index contributed by atoms with van der Waals surface area (Å²) in [4.78, 5) is 54.7. The van der Waals surface area contributed by atoms with Gasteiger partial charge in [-0.25, -0.2) is 0 Å². The summed E-state index contributed by atoms with van der Waals surface area (Å²) in [6, 6.07) is 16.2. The molecule has 49 heavy (non-hydrogen) atoms. The van der Waals surface area contributed by atoms with Gasteiger partial charge >= 0.3 is 5.97 Å². The number of carbonyl (C=O) groups excluding carboxylic acids is 4. The maximum absolute atomic E-state index is 13.8. The third-order valence-electron chi connectivity index (χ3n) is 8.84. The van der Waals surface area contributed by atoms with Crippen molar-refractivity contribution in [3.05, 3.63) is 71.8 Å². The molecule has 2 aromatic carbocycles. The highest BCUT2D eigenvalue weighted by Crippen LogP contribution is 2.22. The summed E-state index contributed by atoms with van der Waals surface area (Å²) < 4.78 is 4.87. The average molecular weight is 676 g/mol. The molecule has 3 amide bonds. The molecule has 4 atom stereocenters. The lowest BCUT2D eigenvalue weighted by molar-refractivity contribution is -0.151. The van der Waals surface area contributed by atoms with Crippen molar-refractivity contribution in [1.82, 2.24) is 20.9 Å². The summed E-state index contributed by atoms with van der Waals surface area (Å²) in [6.07, 6.45) is 3.56. The molecule has 1 aliphatic rings. The minimum absolute atomic E-state index is 0.0998. The molecule has 0 aromatic heterocycles. The Morgan fingerprint density at radius 2 is 1.51 bits per heavy atom. The molecule has 266 valence electrons. The van der Waals surface area contributed by atoms with E-state index in [0.717, 1.165) is 24.0 Å². The van der Waals surface area contributed by atoms with Crippen LogP contribution in [-0.4, -0.2) is 91.6 Å². The van der Waals surface area contributed by atoms with Crippen molar-refractivity contribution in [3.63, 3.8) is 0 Å². The van der Waals surface area contributed by atoms with Gasteiger partial charge in [0.05, 0.1) is 25.2 Å². The van der Waals surface area contributed by atoms with Gasteiger partial charge in [0.15, 0.2) is 0 Å². The average Bonchev–Trinajstić information content (AvgIpc) is 3.11. The van der Waals surface area contributed by atoms with Gasteiger partial charge in [-0.2, -0.15) is 0 Å². The van der Waals surface area contributed by atoms with Crippen LogP contribution in [0, 0.1) is 11.8 Å². The van der Waals surface area contributed by atoms with Crippen LogP contribution in [0.15, 0.2) is 60.7 Å². The molecule has 1 saturated heterocycles. The molecule has 1 aliphatic heterocycles. The molecular formula is C37H53N7O5. The first-order chi connectivity index (χ1) is 23.6. The molecule has 1 fully saturated rings. The lowest BCUT2D eigenvalue weighted by atomic mass is 9.88. The zero-order valence-electron chi connectivity index (χ0n) is 28.8. The number of benzene rings is 2. The van der Waals surface area contributed by atoms with Gasteiger partial charge in [-0.3, -0.25) is 19.2 Å². The van der Waals surface area contributed by atoms with Gasteiger partial charge in [-0.15, -0.1) is 11.8 Å². The van der Waals surface area contributed by atoms with Crippen LogP contribution in [0.25, 0.3) is 0 Å². The number of amides is 3. The van der Waals surface area contributed by atoms with E-state index in [0.29, 0.717) is 51.7 Å². The summed E-state index contributed by atoms with van der Waals surface area (Å²) in [6.45, 7) is 3.15. The monoisotopic (exact) mass is 675 g/mol. The van der Waals surface area contributed by atoms with Crippen molar-refractivity contribution in [3.8, 4) is 11.8 Å². The van der Waals surface area contributed by atoms with Crippen LogP contribution in [-0.2, 0) is 36.8 Å². The number of unbranched alkanes of at least 4 members (excludes halogenated alkanes) is 1. The summed E-state index contributed by atoms with van der Waals surface area (Å²) in [7, 11) is 1.31. The number of piperidine rings is 1. The molecule has 12 nitrogen and oxygen atoms in total. The van der Waals surface area contributed by atoms with Crippen molar-refractivity contribution in [2.75, 3.05) is 33.3 Å². The number of nitrogens with one attached hydrogen (secondary N) is 3. The Morgan fingerprint density at radius 3 is 2.08 bits per heavy atom. The van der Waals surface area contributed by atoms with Gasteiger partial charge in [-0.1, -0.05) is 67.1 Å². The van der Waals surface area contributed by atoms with E-state index in [1.807, 2.05) is 60.7 Å². The molecule has 1 unspecified atom stereocenters. The van der Waals surface area contributed by atoms with Crippen LogP contribution in [0.4, 0.5) is 0 Å². The second kappa shape index (κ2) is 20.3. The molecule has 0 bridgehead atoms. The number of hydrogen-bond donors (Lipinski definition) is 6. The summed E-state index contributed by atoms with van der Waals surface area (Å²) >= 11 is 0. The maximum Gasteiger partial charge on any atom is 0.325 e. The van der Waals surface area contributed by atoms with Crippen LogP contribution in [0.2, 0.25) is 0 Å². The van der Waals surface area contributed by atoms with Crippen molar-refractivity contribution < 1.29 is 23.9 Å². The topological polar surface area (TPSA) is 195 Å². The molecule has 3 rings (SSSR count). The molecule has 0 aliphatic carbocycles. The lowest BCUT2D eigenvalue weighted by Crippen LogP contribution is -2.59. The number of likely N-dealkylation sites (tertiary alicyclic amines) is 1. The van der Waals surface area contributed by atoms with E-state index in [4.69, 9.17) is 21.9 Å². The van der Waals surface area contributed by atoms with Gasteiger partial charge in [0.25, 0.3) is 0 Å². The maximum atomic E-state index is 13.8. The predicted octanol–water partition coefficient (Wildman–Crippen LogP) is 0.762. The van der Waals surface area contributed by atoms with E-state index in [1.54, 1.807) is 11.8 Å². The minimum Gasteiger partial charge on any atom is -0.468 e. The highest BCUT2D eigenvalue weighted by molar-refractivity contribution is 5.90.